The van der Waals surface area contributed by atoms with E-state index in [9.17, 15) is 4.39 Å². The van der Waals surface area contributed by atoms with Crippen molar-refractivity contribution < 1.29 is 4.39 Å². The summed E-state index contributed by atoms with van der Waals surface area (Å²) in [6, 6.07) is 10.1. The first-order valence-corrected chi connectivity index (χ1v) is 6.14. The molecule has 20 heavy (non-hydrogen) atoms. The lowest BCUT2D eigenvalue weighted by molar-refractivity contribution is 0.628. The van der Waals surface area contributed by atoms with Gasteiger partial charge in [0, 0.05) is 5.39 Å². The summed E-state index contributed by atoms with van der Waals surface area (Å²) in [7, 11) is 0. The van der Waals surface area contributed by atoms with Gasteiger partial charge in [0.25, 0.3) is 0 Å². The van der Waals surface area contributed by atoms with Gasteiger partial charge in [0.2, 0.25) is 5.95 Å². The second kappa shape index (κ2) is 4.45. The van der Waals surface area contributed by atoms with E-state index in [4.69, 9.17) is 11.5 Å². The topological polar surface area (TPSA) is 77.8 Å². The lowest BCUT2D eigenvalue weighted by Crippen LogP contribution is -2.02. The Morgan fingerprint density at radius 2 is 1.85 bits per heavy atom. The van der Waals surface area contributed by atoms with Crippen LogP contribution in [0.5, 0.6) is 0 Å². The zero-order valence-corrected chi connectivity index (χ0v) is 10.9. The number of nitrogens with two attached hydrogens (primary N) is 2. The first kappa shape index (κ1) is 12.3. The second-order valence-electron chi connectivity index (χ2n) is 4.61. The highest BCUT2D eigenvalue weighted by atomic mass is 19.1. The van der Waals surface area contributed by atoms with Gasteiger partial charge in [-0.1, -0.05) is 18.2 Å². The third-order valence-electron chi connectivity index (χ3n) is 3.30. The number of anilines is 2. The molecule has 0 saturated heterocycles. The van der Waals surface area contributed by atoms with Crippen LogP contribution in [0.4, 0.5) is 16.2 Å². The molecule has 0 saturated carbocycles. The molecule has 0 aliphatic carbocycles. The minimum Gasteiger partial charge on any atom is -0.383 e. The summed E-state index contributed by atoms with van der Waals surface area (Å²) < 4.78 is 13.4. The number of hydrogen-bond donors (Lipinski definition) is 2. The third-order valence-corrected chi connectivity index (χ3v) is 3.30. The number of aryl methyl sites for hydroxylation is 1. The monoisotopic (exact) mass is 268 g/mol. The minimum atomic E-state index is -0.275. The molecule has 0 aliphatic heterocycles. The molecule has 3 aromatic rings. The van der Waals surface area contributed by atoms with Crippen LogP contribution in [0, 0.1) is 12.7 Å². The summed E-state index contributed by atoms with van der Waals surface area (Å²) in [5.41, 5.74) is 14.8. The van der Waals surface area contributed by atoms with Crippen molar-refractivity contribution in [2.45, 2.75) is 6.92 Å². The van der Waals surface area contributed by atoms with Crippen LogP contribution in [0.15, 0.2) is 36.4 Å². The molecule has 0 fully saturated rings. The molecule has 4 nitrogen and oxygen atoms in total. The van der Waals surface area contributed by atoms with Gasteiger partial charge >= 0.3 is 0 Å². The second-order valence-corrected chi connectivity index (χ2v) is 4.61. The predicted octanol–water partition coefficient (Wildman–Crippen LogP) is 2.91. The van der Waals surface area contributed by atoms with Gasteiger partial charge in [-0.15, -0.1) is 0 Å². The Balaban J connectivity index is 2.31. The van der Waals surface area contributed by atoms with E-state index in [1.807, 2.05) is 25.1 Å². The van der Waals surface area contributed by atoms with E-state index >= 15 is 0 Å². The maximum atomic E-state index is 13.4. The van der Waals surface area contributed by atoms with E-state index < -0.39 is 0 Å². The Kier molecular flexibility index (Phi) is 2.75. The van der Waals surface area contributed by atoms with Gasteiger partial charge in [-0.2, -0.15) is 4.98 Å². The summed E-state index contributed by atoms with van der Waals surface area (Å²) in [5, 5.41) is 0.751. The van der Waals surface area contributed by atoms with E-state index in [1.54, 1.807) is 6.07 Å². The molecular weight excluding hydrogens is 255 g/mol. The lowest BCUT2D eigenvalue weighted by atomic mass is 9.97. The van der Waals surface area contributed by atoms with Crippen LogP contribution in [0.2, 0.25) is 0 Å². The molecular formula is C15H13FN4. The van der Waals surface area contributed by atoms with Crippen LogP contribution in [0.25, 0.3) is 22.0 Å². The van der Waals surface area contributed by atoms with E-state index in [0.717, 1.165) is 22.1 Å². The van der Waals surface area contributed by atoms with E-state index in [1.165, 1.54) is 12.1 Å². The van der Waals surface area contributed by atoms with Crippen molar-refractivity contribution in [3.05, 3.63) is 47.8 Å². The standard InChI is InChI=1S/C15H13FN4/c1-8-11(9-3-2-4-10(16)7-9)5-6-12-13(8)14(17)20-15(18)19-12/h2-7H,1H3,(H4,17,18,19,20). The molecule has 0 atom stereocenters. The third kappa shape index (κ3) is 1.93. The zero-order chi connectivity index (χ0) is 14.3. The van der Waals surface area contributed by atoms with Gasteiger partial charge in [0.15, 0.2) is 0 Å². The summed E-state index contributed by atoms with van der Waals surface area (Å²) in [6.45, 7) is 1.92. The molecule has 1 heterocycles. The molecule has 4 N–H and O–H groups in total. The van der Waals surface area contributed by atoms with Crippen molar-refractivity contribution in [1.82, 2.24) is 9.97 Å². The van der Waals surface area contributed by atoms with E-state index in [2.05, 4.69) is 9.97 Å². The molecule has 0 aliphatic rings. The van der Waals surface area contributed by atoms with Crippen LogP contribution >= 0.6 is 0 Å². The molecule has 1 aromatic heterocycles. The Hall–Kier alpha value is -2.69. The van der Waals surface area contributed by atoms with Gasteiger partial charge in [0.05, 0.1) is 5.52 Å². The molecule has 0 radical (unpaired) electrons. The smallest absolute Gasteiger partial charge is 0.222 e. The van der Waals surface area contributed by atoms with Gasteiger partial charge in [-0.25, -0.2) is 9.37 Å². The van der Waals surface area contributed by atoms with Crippen LogP contribution < -0.4 is 11.5 Å². The fraction of sp³-hybridized carbons (Fsp3) is 0.0667. The highest BCUT2D eigenvalue weighted by Crippen LogP contribution is 2.31. The number of nitrogens with zero attached hydrogens (tertiary/aromatic N) is 2. The van der Waals surface area contributed by atoms with Crippen molar-refractivity contribution in [2.24, 2.45) is 0 Å². The quantitative estimate of drug-likeness (QED) is 0.711. The fourth-order valence-electron chi connectivity index (χ4n) is 2.41. The number of rotatable bonds is 1. The molecule has 0 spiro atoms. The normalized spacial score (nSPS) is 10.9. The Labute approximate surface area is 115 Å². The highest BCUT2D eigenvalue weighted by molar-refractivity contribution is 5.96. The zero-order valence-electron chi connectivity index (χ0n) is 10.9. The van der Waals surface area contributed by atoms with Gasteiger partial charge in [0.1, 0.15) is 11.6 Å². The van der Waals surface area contributed by atoms with Crippen molar-refractivity contribution in [1.29, 1.82) is 0 Å². The lowest BCUT2D eigenvalue weighted by Gasteiger charge is -2.11. The van der Waals surface area contributed by atoms with Crippen molar-refractivity contribution in [2.75, 3.05) is 11.5 Å². The Bertz CT molecular complexity index is 814. The van der Waals surface area contributed by atoms with Gasteiger partial charge < -0.3 is 11.5 Å². The predicted molar refractivity (Wildman–Crippen MR) is 78.5 cm³/mol. The summed E-state index contributed by atoms with van der Waals surface area (Å²) in [5.74, 6) is 0.208. The van der Waals surface area contributed by atoms with Crippen molar-refractivity contribution in [3.8, 4) is 11.1 Å². The summed E-state index contributed by atoms with van der Waals surface area (Å²) in [4.78, 5) is 8.15. The number of benzene rings is 2. The number of hydrogen-bond acceptors (Lipinski definition) is 4. The van der Waals surface area contributed by atoms with E-state index in [-0.39, 0.29) is 11.8 Å². The number of aromatic nitrogens is 2. The largest absolute Gasteiger partial charge is 0.383 e. The minimum absolute atomic E-state index is 0.146. The summed E-state index contributed by atoms with van der Waals surface area (Å²) >= 11 is 0. The molecule has 0 unspecified atom stereocenters. The molecule has 0 amide bonds. The average molecular weight is 268 g/mol. The number of nitrogen functional groups attached to an aromatic ring is 2. The maximum absolute atomic E-state index is 13.4. The Morgan fingerprint density at radius 1 is 1.05 bits per heavy atom. The van der Waals surface area contributed by atoms with E-state index in [0.29, 0.717) is 11.3 Å². The molecule has 5 heteroatoms. The summed E-state index contributed by atoms with van der Waals surface area (Å²) in [6.07, 6.45) is 0. The average Bonchev–Trinajstić information content (AvgIpc) is 2.38. The fourth-order valence-corrected chi connectivity index (χ4v) is 2.41. The van der Waals surface area contributed by atoms with Crippen LogP contribution in [0.3, 0.4) is 0 Å². The van der Waals surface area contributed by atoms with Crippen LogP contribution in [0.1, 0.15) is 5.56 Å². The molecule has 2 aromatic carbocycles. The first-order valence-electron chi connectivity index (χ1n) is 6.14. The van der Waals surface area contributed by atoms with Crippen molar-refractivity contribution in [3.63, 3.8) is 0 Å². The SMILES string of the molecule is Cc1c(-c2cccc(F)c2)ccc2nc(N)nc(N)c12. The highest BCUT2D eigenvalue weighted by Gasteiger charge is 2.11. The van der Waals surface area contributed by atoms with Gasteiger partial charge in [-0.3, -0.25) is 0 Å². The molecule has 100 valence electrons. The number of fused-ring (bicyclic) bond motifs is 1. The number of halogens is 1. The van der Waals surface area contributed by atoms with Crippen LogP contribution in [-0.2, 0) is 0 Å². The van der Waals surface area contributed by atoms with Crippen molar-refractivity contribution >= 4 is 22.7 Å². The molecule has 0 bridgehead atoms. The van der Waals surface area contributed by atoms with Gasteiger partial charge in [-0.05, 0) is 41.8 Å². The Morgan fingerprint density at radius 3 is 2.60 bits per heavy atom. The van der Waals surface area contributed by atoms with Crippen LogP contribution in [-0.4, -0.2) is 9.97 Å². The maximum Gasteiger partial charge on any atom is 0.222 e. The molecule has 3 rings (SSSR count). The first-order chi connectivity index (χ1) is 9.56.